The van der Waals surface area contributed by atoms with Gasteiger partial charge in [0.25, 0.3) is 0 Å². The van der Waals surface area contributed by atoms with E-state index in [-0.39, 0.29) is 16.9 Å². The number of esters is 1. The molecule has 0 bridgehead atoms. The molecule has 0 aromatic rings. The van der Waals surface area contributed by atoms with Crippen molar-refractivity contribution >= 4 is 25.7 Å². The SMILES string of the molecule is C=C(C)C(=O)OCCC[Si](OCC)(OCC)OCC.[SiH4]. The number of ether oxygens (including phenoxy) is 1. The Balaban J connectivity index is 0. The van der Waals surface area contributed by atoms with Gasteiger partial charge in [0.2, 0.25) is 0 Å². The molecule has 0 N–H and O–H groups in total. The fourth-order valence-electron chi connectivity index (χ4n) is 1.58. The second-order valence-corrected chi connectivity index (χ2v) is 6.73. The van der Waals surface area contributed by atoms with Crippen LogP contribution in [0.2, 0.25) is 6.04 Å². The Labute approximate surface area is 128 Å². The van der Waals surface area contributed by atoms with E-state index < -0.39 is 8.80 Å². The molecule has 0 atom stereocenters. The van der Waals surface area contributed by atoms with Crippen LogP contribution in [0.5, 0.6) is 0 Å². The third-order valence-corrected chi connectivity index (χ3v) is 5.45. The van der Waals surface area contributed by atoms with E-state index in [1.54, 1.807) is 6.92 Å². The van der Waals surface area contributed by atoms with E-state index in [9.17, 15) is 4.79 Å². The topological polar surface area (TPSA) is 54.0 Å². The van der Waals surface area contributed by atoms with Gasteiger partial charge in [-0.2, -0.15) is 0 Å². The highest BCUT2D eigenvalue weighted by Crippen LogP contribution is 2.18. The molecule has 0 saturated heterocycles. The highest BCUT2D eigenvalue weighted by Gasteiger charge is 2.39. The van der Waals surface area contributed by atoms with E-state index in [4.69, 9.17) is 18.0 Å². The van der Waals surface area contributed by atoms with Crippen LogP contribution in [0.1, 0.15) is 34.1 Å². The molecule has 0 aromatic carbocycles. The van der Waals surface area contributed by atoms with Crippen LogP contribution in [-0.2, 0) is 22.8 Å². The summed E-state index contributed by atoms with van der Waals surface area (Å²) >= 11 is 0. The van der Waals surface area contributed by atoms with Crippen molar-refractivity contribution in [1.82, 2.24) is 0 Å². The normalized spacial score (nSPS) is 10.8. The molecular weight excluding hydrogens is 292 g/mol. The molecule has 0 unspecified atom stereocenters. The zero-order valence-corrected chi connectivity index (χ0v) is 13.5. The summed E-state index contributed by atoms with van der Waals surface area (Å²) in [7, 11) is -2.61. The van der Waals surface area contributed by atoms with Gasteiger partial charge in [0.1, 0.15) is 0 Å². The molecule has 20 heavy (non-hydrogen) atoms. The molecule has 0 heterocycles. The number of hydrogen-bond acceptors (Lipinski definition) is 5. The lowest BCUT2D eigenvalue weighted by molar-refractivity contribution is -0.139. The summed E-state index contributed by atoms with van der Waals surface area (Å²) in [6.07, 6.45) is 0.658. The summed E-state index contributed by atoms with van der Waals surface area (Å²) in [5, 5.41) is 0. The minimum Gasteiger partial charge on any atom is -0.462 e. The van der Waals surface area contributed by atoms with Crippen molar-refractivity contribution in [2.45, 2.75) is 40.2 Å². The highest BCUT2D eigenvalue weighted by molar-refractivity contribution is 6.60. The van der Waals surface area contributed by atoms with Crippen molar-refractivity contribution in [1.29, 1.82) is 0 Å². The first-order valence-corrected chi connectivity index (χ1v) is 8.69. The van der Waals surface area contributed by atoms with E-state index in [0.717, 1.165) is 0 Å². The van der Waals surface area contributed by atoms with Crippen molar-refractivity contribution in [2.24, 2.45) is 0 Å². The zero-order chi connectivity index (χ0) is 14.7. The van der Waals surface area contributed by atoms with Crippen molar-refractivity contribution in [2.75, 3.05) is 26.4 Å². The smallest absolute Gasteiger partial charge is 0.462 e. The Kier molecular flexibility index (Phi) is 13.4. The molecule has 0 aromatic heterocycles. The van der Waals surface area contributed by atoms with Gasteiger partial charge in [0.05, 0.1) is 6.61 Å². The first kappa shape index (κ1) is 21.8. The molecule has 0 aliphatic carbocycles. The minimum absolute atomic E-state index is 0. The van der Waals surface area contributed by atoms with Crippen LogP contribution in [0.4, 0.5) is 0 Å². The average Bonchev–Trinajstić information content (AvgIpc) is 2.35. The molecule has 7 heteroatoms. The predicted molar refractivity (Wildman–Crippen MR) is 87.2 cm³/mol. The number of carbonyl (C=O) groups is 1. The molecule has 0 aliphatic rings. The standard InChI is InChI=1S/C13H26O5Si.H4Si/c1-6-16-19(17-7-2,18-8-3)11-9-10-15-13(14)12(4)5;/h4,6-11H2,1-3,5H3;1H4. The van der Waals surface area contributed by atoms with Gasteiger partial charge in [-0.05, 0) is 45.1 Å². The van der Waals surface area contributed by atoms with Gasteiger partial charge in [-0.25, -0.2) is 4.79 Å². The second kappa shape index (κ2) is 12.3. The fourth-order valence-corrected chi connectivity index (χ4v) is 4.16. The lowest BCUT2D eigenvalue weighted by Crippen LogP contribution is -2.46. The summed E-state index contributed by atoms with van der Waals surface area (Å²) in [5.74, 6) is -0.364. The van der Waals surface area contributed by atoms with Gasteiger partial charge in [-0.15, -0.1) is 0 Å². The molecule has 0 amide bonds. The third kappa shape index (κ3) is 8.65. The van der Waals surface area contributed by atoms with Crippen molar-refractivity contribution in [3.05, 3.63) is 12.2 Å². The first-order chi connectivity index (χ1) is 9.01. The van der Waals surface area contributed by atoms with Crippen LogP contribution in [-0.4, -0.2) is 52.2 Å². The second-order valence-electron chi connectivity index (χ2n) is 4.00. The minimum atomic E-state index is -2.61. The summed E-state index contributed by atoms with van der Waals surface area (Å²) < 4.78 is 22.2. The predicted octanol–water partition coefficient (Wildman–Crippen LogP) is 1.09. The lowest BCUT2D eigenvalue weighted by atomic mass is 10.4. The van der Waals surface area contributed by atoms with Crippen LogP contribution >= 0.6 is 0 Å². The maximum absolute atomic E-state index is 11.2. The molecule has 5 nitrogen and oxygen atoms in total. The first-order valence-electron chi connectivity index (χ1n) is 6.75. The van der Waals surface area contributed by atoms with Crippen LogP contribution in [0.3, 0.4) is 0 Å². The third-order valence-electron chi connectivity index (χ3n) is 2.30. The zero-order valence-electron chi connectivity index (χ0n) is 12.5. The van der Waals surface area contributed by atoms with Gasteiger partial charge in [-0.1, -0.05) is 6.58 Å². The molecule has 0 spiro atoms. The Morgan fingerprint density at radius 3 is 1.85 bits per heavy atom. The van der Waals surface area contributed by atoms with E-state index in [1.165, 1.54) is 0 Å². The van der Waals surface area contributed by atoms with Gasteiger partial charge in [-0.3, -0.25) is 0 Å². The Hall–Kier alpha value is -0.476. The largest absolute Gasteiger partial charge is 0.501 e. The molecule has 0 saturated carbocycles. The van der Waals surface area contributed by atoms with Gasteiger partial charge in [0.15, 0.2) is 0 Å². The Morgan fingerprint density at radius 2 is 1.50 bits per heavy atom. The van der Waals surface area contributed by atoms with Crippen LogP contribution < -0.4 is 0 Å². The maximum Gasteiger partial charge on any atom is 0.501 e. The van der Waals surface area contributed by atoms with Crippen LogP contribution in [0.25, 0.3) is 0 Å². The number of carbonyl (C=O) groups excluding carboxylic acids is 1. The summed E-state index contributed by atoms with van der Waals surface area (Å²) in [6, 6.07) is 0.645. The molecule has 0 rings (SSSR count). The van der Waals surface area contributed by atoms with Crippen LogP contribution in [0.15, 0.2) is 12.2 Å². The molecule has 120 valence electrons. The molecule has 0 fully saturated rings. The van der Waals surface area contributed by atoms with Crippen molar-refractivity contribution in [3.63, 3.8) is 0 Å². The monoisotopic (exact) mass is 322 g/mol. The molecule has 0 aliphatic heterocycles. The quantitative estimate of drug-likeness (QED) is 0.247. The number of rotatable bonds is 11. The maximum atomic E-state index is 11.2. The van der Waals surface area contributed by atoms with Crippen molar-refractivity contribution in [3.8, 4) is 0 Å². The summed E-state index contributed by atoms with van der Waals surface area (Å²) in [6.45, 7) is 12.9. The van der Waals surface area contributed by atoms with E-state index in [0.29, 0.717) is 44.5 Å². The van der Waals surface area contributed by atoms with E-state index in [2.05, 4.69) is 6.58 Å². The van der Waals surface area contributed by atoms with Gasteiger partial charge >= 0.3 is 14.8 Å². The van der Waals surface area contributed by atoms with E-state index in [1.807, 2.05) is 20.8 Å². The van der Waals surface area contributed by atoms with Crippen LogP contribution in [0, 0.1) is 0 Å². The summed E-state index contributed by atoms with van der Waals surface area (Å²) in [5.41, 5.74) is 0.405. The Morgan fingerprint density at radius 1 is 1.05 bits per heavy atom. The average molecular weight is 323 g/mol. The Bertz CT molecular complexity index is 267. The van der Waals surface area contributed by atoms with Gasteiger partial charge < -0.3 is 18.0 Å². The van der Waals surface area contributed by atoms with Crippen molar-refractivity contribution < 1.29 is 22.8 Å². The molecule has 0 radical (unpaired) electrons. The fraction of sp³-hybridized carbons (Fsp3) is 0.769. The van der Waals surface area contributed by atoms with Gasteiger partial charge in [0, 0.05) is 31.4 Å². The lowest BCUT2D eigenvalue weighted by Gasteiger charge is -2.28. The molecular formula is C13H30O5Si2. The van der Waals surface area contributed by atoms with E-state index >= 15 is 0 Å². The highest BCUT2D eigenvalue weighted by atomic mass is 28.4. The summed E-state index contributed by atoms with van der Waals surface area (Å²) in [4.78, 5) is 11.2. The number of hydrogen-bond donors (Lipinski definition) is 0.